The zero-order chi connectivity index (χ0) is 28.2. The molecule has 0 radical (unpaired) electrons. The predicted octanol–water partition coefficient (Wildman–Crippen LogP) is 3.87. The van der Waals surface area contributed by atoms with Gasteiger partial charge in [0.25, 0.3) is 5.91 Å². The van der Waals surface area contributed by atoms with Gasteiger partial charge in [0, 0.05) is 67.6 Å². The molecule has 1 atom stereocenters. The maximum absolute atomic E-state index is 13.3. The van der Waals surface area contributed by atoms with Gasteiger partial charge in [0.05, 0.1) is 16.7 Å². The Morgan fingerprint density at radius 2 is 2.00 bits per heavy atom. The van der Waals surface area contributed by atoms with Crippen LogP contribution in [-0.4, -0.2) is 75.5 Å². The highest BCUT2D eigenvalue weighted by Crippen LogP contribution is 2.39. The number of piperazine rings is 1. The third-order valence-electron chi connectivity index (χ3n) is 7.27. The maximum atomic E-state index is 13.3. The summed E-state index contributed by atoms with van der Waals surface area (Å²) >= 11 is 2.39. The van der Waals surface area contributed by atoms with E-state index < -0.39 is 6.04 Å². The molecule has 40 heavy (non-hydrogen) atoms. The van der Waals surface area contributed by atoms with Crippen molar-refractivity contribution in [3.63, 3.8) is 0 Å². The summed E-state index contributed by atoms with van der Waals surface area (Å²) in [5.74, 6) is 0.482. The molecule has 1 aromatic heterocycles. The van der Waals surface area contributed by atoms with E-state index in [1.807, 2.05) is 29.2 Å². The van der Waals surface area contributed by atoms with E-state index in [1.165, 1.54) is 0 Å². The number of nitrogens with one attached hydrogen (secondary N) is 2. The van der Waals surface area contributed by atoms with Gasteiger partial charge in [0.15, 0.2) is 5.78 Å². The second kappa shape index (κ2) is 12.3. The van der Waals surface area contributed by atoms with E-state index in [4.69, 9.17) is 4.98 Å². The fourth-order valence-electron chi connectivity index (χ4n) is 5.18. The minimum atomic E-state index is -0.537. The number of anilines is 5. The van der Waals surface area contributed by atoms with E-state index in [9.17, 15) is 14.7 Å². The Bertz CT molecular complexity index is 1420. The van der Waals surface area contributed by atoms with Crippen molar-refractivity contribution < 1.29 is 14.7 Å². The number of carbonyl (C=O) groups excluding carboxylic acids is 2. The summed E-state index contributed by atoms with van der Waals surface area (Å²) < 4.78 is 1.01. The van der Waals surface area contributed by atoms with Crippen molar-refractivity contribution in [2.45, 2.75) is 19.1 Å². The summed E-state index contributed by atoms with van der Waals surface area (Å²) in [6.07, 6.45) is 3.66. The summed E-state index contributed by atoms with van der Waals surface area (Å²) in [5, 5.41) is 16.0. The van der Waals surface area contributed by atoms with Crippen molar-refractivity contribution in [3.05, 3.63) is 78.0 Å². The van der Waals surface area contributed by atoms with Crippen molar-refractivity contribution in [1.82, 2.24) is 20.2 Å². The minimum absolute atomic E-state index is 0.0877. The van der Waals surface area contributed by atoms with Crippen LogP contribution in [0.25, 0.3) is 0 Å². The first-order chi connectivity index (χ1) is 19.5. The summed E-state index contributed by atoms with van der Waals surface area (Å²) in [5.41, 5.74) is 4.16. The SMILES string of the molecule is C=CCC1C(=O)c2cnc(Nc3ccc(N4CCN(CI)CC4)c(CO)c3)nc2N1c1cccc(C(=O)NC)c1. The van der Waals surface area contributed by atoms with E-state index in [-0.39, 0.29) is 18.3 Å². The lowest BCUT2D eigenvalue weighted by Gasteiger charge is -2.36. The second-order valence-corrected chi connectivity index (χ2v) is 10.4. The van der Waals surface area contributed by atoms with E-state index in [1.54, 1.807) is 37.5 Å². The number of fused-ring (bicyclic) bond motifs is 1. The topological polar surface area (TPSA) is 114 Å². The highest BCUT2D eigenvalue weighted by atomic mass is 127. The number of hydrogen-bond donors (Lipinski definition) is 3. The first-order valence-electron chi connectivity index (χ1n) is 13.1. The van der Waals surface area contributed by atoms with Crippen LogP contribution in [0.5, 0.6) is 0 Å². The average Bonchev–Trinajstić information content (AvgIpc) is 3.27. The minimum Gasteiger partial charge on any atom is -0.392 e. The first kappa shape index (κ1) is 28.0. The molecule has 208 valence electrons. The van der Waals surface area contributed by atoms with Crippen molar-refractivity contribution >= 4 is 63.1 Å². The van der Waals surface area contributed by atoms with Crippen LogP contribution in [0.4, 0.5) is 28.8 Å². The van der Waals surface area contributed by atoms with E-state index >= 15 is 0 Å². The number of benzene rings is 2. The molecule has 0 aliphatic carbocycles. The van der Waals surface area contributed by atoms with Gasteiger partial charge in [0.1, 0.15) is 11.9 Å². The molecular weight excluding hydrogens is 621 g/mol. The van der Waals surface area contributed by atoms with Gasteiger partial charge < -0.3 is 25.5 Å². The molecule has 0 saturated carbocycles. The van der Waals surface area contributed by atoms with E-state index in [0.29, 0.717) is 35.0 Å². The summed E-state index contributed by atoms with van der Waals surface area (Å²) in [4.78, 5) is 41.3. The molecule has 1 amide bonds. The van der Waals surface area contributed by atoms with Crippen LogP contribution in [0.2, 0.25) is 0 Å². The third-order valence-corrected chi connectivity index (χ3v) is 8.23. The molecule has 2 aliphatic heterocycles. The molecule has 2 aromatic carbocycles. The number of alkyl halides is 1. The molecule has 1 fully saturated rings. The molecule has 3 aromatic rings. The van der Waals surface area contributed by atoms with Gasteiger partial charge in [-0.15, -0.1) is 6.58 Å². The fraction of sp³-hybridized carbons (Fsp3) is 0.310. The van der Waals surface area contributed by atoms with Gasteiger partial charge in [-0.25, -0.2) is 4.98 Å². The average molecular weight is 654 g/mol. The summed E-state index contributed by atoms with van der Waals surface area (Å²) in [6.45, 7) is 7.54. The number of aliphatic hydroxyl groups excluding tert-OH is 1. The standard InChI is InChI=1S/C29H32IN7O3/c1-3-5-25-26(39)23-16-32-29(34-27(23)37(25)22-7-4-6-19(15-22)28(40)31-2)33-21-8-9-24(20(14-21)17-38)36-12-10-35(18-30)11-13-36/h3-4,6-9,14-16,25,38H,1,5,10-13,17-18H2,2H3,(H,31,40)(H,32,33,34). The highest BCUT2D eigenvalue weighted by Gasteiger charge is 2.39. The highest BCUT2D eigenvalue weighted by molar-refractivity contribution is 14.1. The predicted molar refractivity (Wildman–Crippen MR) is 165 cm³/mol. The molecule has 5 rings (SSSR count). The van der Waals surface area contributed by atoms with Crippen LogP contribution < -0.4 is 20.4 Å². The number of aromatic nitrogens is 2. The van der Waals surface area contributed by atoms with Crippen LogP contribution in [0.3, 0.4) is 0 Å². The number of nitrogens with zero attached hydrogens (tertiary/aromatic N) is 5. The molecule has 0 bridgehead atoms. The Hall–Kier alpha value is -3.55. The fourth-order valence-corrected chi connectivity index (χ4v) is 5.87. The van der Waals surface area contributed by atoms with Crippen molar-refractivity contribution in [3.8, 4) is 0 Å². The molecular formula is C29H32IN7O3. The van der Waals surface area contributed by atoms with Crippen LogP contribution in [0.15, 0.2) is 61.3 Å². The molecule has 10 nitrogen and oxygen atoms in total. The van der Waals surface area contributed by atoms with Crippen molar-refractivity contribution in [1.29, 1.82) is 0 Å². The molecule has 2 aliphatic rings. The zero-order valence-electron chi connectivity index (χ0n) is 22.3. The molecule has 3 N–H and O–H groups in total. The Kier molecular flexibility index (Phi) is 8.62. The Labute approximate surface area is 247 Å². The van der Waals surface area contributed by atoms with Crippen LogP contribution >= 0.6 is 22.6 Å². The zero-order valence-corrected chi connectivity index (χ0v) is 24.5. The van der Waals surface area contributed by atoms with Crippen molar-refractivity contribution in [2.75, 3.05) is 52.9 Å². The molecule has 3 heterocycles. The largest absolute Gasteiger partial charge is 0.392 e. The Morgan fingerprint density at radius 3 is 2.70 bits per heavy atom. The van der Waals surface area contributed by atoms with Gasteiger partial charge in [-0.1, -0.05) is 34.7 Å². The van der Waals surface area contributed by atoms with Crippen LogP contribution in [-0.2, 0) is 6.61 Å². The quantitative estimate of drug-likeness (QED) is 0.137. The number of amides is 1. The molecule has 0 spiro atoms. The number of hydrogen-bond acceptors (Lipinski definition) is 9. The number of aliphatic hydroxyl groups is 1. The smallest absolute Gasteiger partial charge is 0.251 e. The van der Waals surface area contributed by atoms with Gasteiger partial charge in [-0.05, 0) is 42.8 Å². The van der Waals surface area contributed by atoms with Crippen LogP contribution in [0, 0.1) is 0 Å². The maximum Gasteiger partial charge on any atom is 0.251 e. The Morgan fingerprint density at radius 1 is 1.20 bits per heavy atom. The Balaban J connectivity index is 1.44. The summed E-state index contributed by atoms with van der Waals surface area (Å²) in [7, 11) is 1.58. The molecule has 1 saturated heterocycles. The summed E-state index contributed by atoms with van der Waals surface area (Å²) in [6, 6.07) is 12.4. The number of Topliss-reactive ketones (excluding diaryl/α,β-unsaturated/α-hetero) is 1. The third kappa shape index (κ3) is 5.54. The van der Waals surface area contributed by atoms with Crippen LogP contribution in [0.1, 0.15) is 32.7 Å². The lowest BCUT2D eigenvalue weighted by atomic mass is 10.1. The first-order valence-corrected chi connectivity index (χ1v) is 14.7. The molecule has 11 heteroatoms. The van der Waals surface area contributed by atoms with Crippen molar-refractivity contribution in [2.24, 2.45) is 0 Å². The lowest BCUT2D eigenvalue weighted by Crippen LogP contribution is -2.46. The van der Waals surface area contributed by atoms with Gasteiger partial charge in [-0.3, -0.25) is 14.5 Å². The normalized spacial score (nSPS) is 17.1. The monoisotopic (exact) mass is 653 g/mol. The second-order valence-electron chi connectivity index (χ2n) is 9.69. The van der Waals surface area contributed by atoms with E-state index in [0.717, 1.165) is 47.7 Å². The number of rotatable bonds is 9. The lowest BCUT2D eigenvalue weighted by molar-refractivity contribution is 0.0960. The molecule has 1 unspecified atom stereocenters. The number of carbonyl (C=O) groups is 2. The van der Waals surface area contributed by atoms with E-state index in [2.05, 4.69) is 54.6 Å². The number of ketones is 1. The number of halogens is 1. The van der Waals surface area contributed by atoms with Gasteiger partial charge in [-0.2, -0.15) is 4.98 Å². The van der Waals surface area contributed by atoms with Gasteiger partial charge in [0.2, 0.25) is 5.95 Å². The van der Waals surface area contributed by atoms with Gasteiger partial charge >= 0.3 is 0 Å².